The standard InChI is InChI=1S/C13H19NO3S/c1-9-5-12(10(2)18-9)13(16)7-14-3-4-17-11(6-14)8-15/h5,11,15H,3-4,6-8H2,1-2H3. The monoisotopic (exact) mass is 269 g/mol. The molecule has 100 valence electrons. The molecule has 2 heterocycles. The van der Waals surface area contributed by atoms with Crippen molar-refractivity contribution < 1.29 is 14.6 Å². The summed E-state index contributed by atoms with van der Waals surface area (Å²) in [5.74, 6) is 0.162. The molecule has 1 unspecified atom stereocenters. The SMILES string of the molecule is Cc1cc(C(=O)CN2CCOC(CO)C2)c(C)s1. The molecule has 0 aliphatic carbocycles. The van der Waals surface area contributed by atoms with Crippen molar-refractivity contribution in [1.82, 2.24) is 4.90 Å². The number of thiophene rings is 1. The second-order valence-corrected chi connectivity index (χ2v) is 6.12. The van der Waals surface area contributed by atoms with Crippen molar-refractivity contribution in [3.63, 3.8) is 0 Å². The third kappa shape index (κ3) is 3.17. The first kappa shape index (κ1) is 13.7. The lowest BCUT2D eigenvalue weighted by Crippen LogP contribution is -2.45. The average Bonchev–Trinajstić information content (AvgIpc) is 2.69. The molecule has 0 saturated carbocycles. The van der Waals surface area contributed by atoms with Gasteiger partial charge in [-0.2, -0.15) is 0 Å². The highest BCUT2D eigenvalue weighted by Gasteiger charge is 2.22. The number of ketones is 1. The molecule has 1 N–H and O–H groups in total. The number of ether oxygens (including phenoxy) is 1. The molecular formula is C13H19NO3S. The lowest BCUT2D eigenvalue weighted by atomic mass is 10.1. The molecule has 1 fully saturated rings. The molecule has 5 heteroatoms. The average molecular weight is 269 g/mol. The first-order valence-corrected chi connectivity index (χ1v) is 6.97. The third-order valence-corrected chi connectivity index (χ3v) is 4.10. The van der Waals surface area contributed by atoms with E-state index in [0.29, 0.717) is 19.7 Å². The number of hydrogen-bond donors (Lipinski definition) is 1. The molecule has 1 atom stereocenters. The Hall–Kier alpha value is -0.750. The van der Waals surface area contributed by atoms with E-state index in [9.17, 15) is 4.79 Å². The Balaban J connectivity index is 1.97. The summed E-state index contributed by atoms with van der Waals surface area (Å²) < 4.78 is 5.37. The lowest BCUT2D eigenvalue weighted by molar-refractivity contribution is -0.0503. The molecule has 1 aromatic rings. The van der Waals surface area contributed by atoms with Crippen LogP contribution in [0.2, 0.25) is 0 Å². The first-order valence-electron chi connectivity index (χ1n) is 6.15. The number of nitrogens with zero attached hydrogens (tertiary/aromatic N) is 1. The van der Waals surface area contributed by atoms with Crippen LogP contribution in [0, 0.1) is 13.8 Å². The molecule has 1 aliphatic heterocycles. The van der Waals surface area contributed by atoms with Crippen LogP contribution in [-0.4, -0.2) is 54.7 Å². The molecule has 18 heavy (non-hydrogen) atoms. The van der Waals surface area contributed by atoms with Crippen LogP contribution in [0.1, 0.15) is 20.1 Å². The van der Waals surface area contributed by atoms with Crippen molar-refractivity contribution in [2.24, 2.45) is 0 Å². The Bertz CT molecular complexity index is 430. The van der Waals surface area contributed by atoms with Gasteiger partial charge in [-0.25, -0.2) is 0 Å². The van der Waals surface area contributed by atoms with Gasteiger partial charge in [0.2, 0.25) is 0 Å². The molecule has 0 spiro atoms. The van der Waals surface area contributed by atoms with Crippen LogP contribution in [0.15, 0.2) is 6.07 Å². The van der Waals surface area contributed by atoms with Crippen LogP contribution >= 0.6 is 11.3 Å². The number of rotatable bonds is 4. The smallest absolute Gasteiger partial charge is 0.177 e. The number of hydrogen-bond acceptors (Lipinski definition) is 5. The topological polar surface area (TPSA) is 49.8 Å². The summed E-state index contributed by atoms with van der Waals surface area (Å²) in [5.41, 5.74) is 0.838. The van der Waals surface area contributed by atoms with Gasteiger partial charge in [-0.15, -0.1) is 11.3 Å². The van der Waals surface area contributed by atoms with Gasteiger partial charge in [0, 0.05) is 28.4 Å². The Morgan fingerprint density at radius 1 is 1.61 bits per heavy atom. The summed E-state index contributed by atoms with van der Waals surface area (Å²) in [4.78, 5) is 16.5. The number of carbonyl (C=O) groups is 1. The fourth-order valence-electron chi connectivity index (χ4n) is 2.23. The van der Waals surface area contributed by atoms with Gasteiger partial charge >= 0.3 is 0 Å². The van der Waals surface area contributed by atoms with E-state index in [1.165, 1.54) is 4.88 Å². The maximum absolute atomic E-state index is 12.2. The minimum Gasteiger partial charge on any atom is -0.394 e. The first-order chi connectivity index (χ1) is 8.60. The van der Waals surface area contributed by atoms with E-state index in [0.717, 1.165) is 17.0 Å². The van der Waals surface area contributed by atoms with Gasteiger partial charge < -0.3 is 9.84 Å². The highest BCUT2D eigenvalue weighted by atomic mass is 32.1. The van der Waals surface area contributed by atoms with Crippen molar-refractivity contribution in [1.29, 1.82) is 0 Å². The van der Waals surface area contributed by atoms with Crippen LogP contribution in [0.5, 0.6) is 0 Å². The lowest BCUT2D eigenvalue weighted by Gasteiger charge is -2.31. The van der Waals surface area contributed by atoms with Crippen molar-refractivity contribution in [2.75, 3.05) is 32.8 Å². The Kier molecular flexibility index (Phi) is 4.50. The number of morpholine rings is 1. The van der Waals surface area contributed by atoms with Gasteiger partial charge in [0.15, 0.2) is 5.78 Å². The van der Waals surface area contributed by atoms with Gasteiger partial charge in [-0.3, -0.25) is 9.69 Å². The molecule has 1 aromatic heterocycles. The van der Waals surface area contributed by atoms with E-state index in [1.54, 1.807) is 11.3 Å². The quantitative estimate of drug-likeness (QED) is 0.836. The van der Waals surface area contributed by atoms with Gasteiger partial charge in [-0.05, 0) is 19.9 Å². The molecule has 1 saturated heterocycles. The number of carbonyl (C=O) groups excluding carboxylic acids is 1. The molecule has 4 nitrogen and oxygen atoms in total. The van der Waals surface area contributed by atoms with Gasteiger partial charge in [0.1, 0.15) is 0 Å². The largest absolute Gasteiger partial charge is 0.394 e. The second-order valence-electron chi connectivity index (χ2n) is 4.66. The van der Waals surface area contributed by atoms with E-state index in [2.05, 4.69) is 4.90 Å². The predicted molar refractivity (Wildman–Crippen MR) is 71.4 cm³/mol. The Morgan fingerprint density at radius 3 is 3.00 bits per heavy atom. The molecule has 2 rings (SSSR count). The van der Waals surface area contributed by atoms with E-state index in [4.69, 9.17) is 9.84 Å². The highest BCUT2D eigenvalue weighted by Crippen LogP contribution is 2.21. The number of aliphatic hydroxyl groups excluding tert-OH is 1. The molecular weight excluding hydrogens is 250 g/mol. The number of aryl methyl sites for hydroxylation is 2. The Labute approximate surface area is 111 Å². The summed E-state index contributed by atoms with van der Waals surface area (Å²) in [7, 11) is 0. The van der Waals surface area contributed by atoms with Crippen LogP contribution < -0.4 is 0 Å². The normalized spacial score (nSPS) is 21.2. The zero-order chi connectivity index (χ0) is 13.1. The molecule has 0 bridgehead atoms. The van der Waals surface area contributed by atoms with E-state index >= 15 is 0 Å². The summed E-state index contributed by atoms with van der Waals surface area (Å²) in [6, 6.07) is 1.96. The maximum atomic E-state index is 12.2. The van der Waals surface area contributed by atoms with Crippen LogP contribution in [0.25, 0.3) is 0 Å². The summed E-state index contributed by atoms with van der Waals surface area (Å²) in [5, 5.41) is 9.07. The van der Waals surface area contributed by atoms with Crippen molar-refractivity contribution >= 4 is 17.1 Å². The fourth-order valence-corrected chi connectivity index (χ4v) is 3.17. The molecule has 1 aliphatic rings. The van der Waals surface area contributed by atoms with Crippen LogP contribution in [0.4, 0.5) is 0 Å². The summed E-state index contributed by atoms with van der Waals surface area (Å²) in [6.07, 6.45) is -0.156. The minimum absolute atomic E-state index is 0.0152. The zero-order valence-electron chi connectivity index (χ0n) is 10.8. The maximum Gasteiger partial charge on any atom is 0.177 e. The van der Waals surface area contributed by atoms with E-state index in [1.807, 2.05) is 19.9 Å². The molecule has 0 radical (unpaired) electrons. The summed E-state index contributed by atoms with van der Waals surface area (Å²) in [6.45, 7) is 6.40. The summed E-state index contributed by atoms with van der Waals surface area (Å²) >= 11 is 1.66. The van der Waals surface area contributed by atoms with E-state index in [-0.39, 0.29) is 18.5 Å². The van der Waals surface area contributed by atoms with Gasteiger partial charge in [-0.1, -0.05) is 0 Å². The Morgan fingerprint density at radius 2 is 2.39 bits per heavy atom. The van der Waals surface area contributed by atoms with Crippen molar-refractivity contribution in [3.8, 4) is 0 Å². The minimum atomic E-state index is -0.156. The van der Waals surface area contributed by atoms with Crippen LogP contribution in [0.3, 0.4) is 0 Å². The molecule has 0 aromatic carbocycles. The third-order valence-electron chi connectivity index (χ3n) is 3.14. The van der Waals surface area contributed by atoms with Gasteiger partial charge in [0.05, 0.1) is 25.9 Å². The molecule has 0 amide bonds. The predicted octanol–water partition coefficient (Wildman–Crippen LogP) is 1.24. The highest BCUT2D eigenvalue weighted by molar-refractivity contribution is 7.12. The van der Waals surface area contributed by atoms with Crippen molar-refractivity contribution in [3.05, 3.63) is 21.4 Å². The number of aliphatic hydroxyl groups is 1. The fraction of sp³-hybridized carbons (Fsp3) is 0.615. The van der Waals surface area contributed by atoms with Crippen molar-refractivity contribution in [2.45, 2.75) is 20.0 Å². The second kappa shape index (κ2) is 5.93. The van der Waals surface area contributed by atoms with E-state index < -0.39 is 0 Å². The van der Waals surface area contributed by atoms with Gasteiger partial charge in [0.25, 0.3) is 0 Å². The van der Waals surface area contributed by atoms with Crippen LogP contribution in [-0.2, 0) is 4.74 Å². The zero-order valence-corrected chi connectivity index (χ0v) is 11.6. The number of Topliss-reactive ketones (excluding diaryl/α,β-unsaturated/α-hetero) is 1.